The number of hydrogen-bond donors (Lipinski definition) is 1. The number of rotatable bonds is 0. The van der Waals surface area contributed by atoms with Crippen molar-refractivity contribution in [2.75, 3.05) is 26.5 Å². The fraction of sp³-hybridized carbons (Fsp3) is 0.684. The smallest absolute Gasteiger partial charge is 0.231 e. The molecule has 5 heteroatoms. The van der Waals surface area contributed by atoms with E-state index in [2.05, 4.69) is 24.0 Å². The van der Waals surface area contributed by atoms with Crippen molar-refractivity contribution in [2.24, 2.45) is 5.41 Å². The maximum atomic E-state index is 11.4. The standard InChI is InChI=1S/C19H23NO4/c1-18-8-19-3-2-4-20(19)7-15(22-9-18)11-5-13-14(24-10-23-13)6-12(11)16(19)17(18)21/h5-6,15-17,21H,2-4,7-10H2,1H3/t15-,16-,17?,18?,19+/m1/s1. The molecule has 1 aliphatic carbocycles. The van der Waals surface area contributed by atoms with Gasteiger partial charge in [-0.15, -0.1) is 0 Å². The van der Waals surface area contributed by atoms with Gasteiger partial charge in [0.25, 0.3) is 0 Å². The minimum Gasteiger partial charge on any atom is -0.454 e. The molecule has 1 spiro atoms. The summed E-state index contributed by atoms with van der Waals surface area (Å²) in [5.41, 5.74) is 2.33. The van der Waals surface area contributed by atoms with Crippen molar-refractivity contribution in [3.8, 4) is 11.5 Å². The minimum absolute atomic E-state index is 0.0594. The first kappa shape index (κ1) is 13.9. The highest BCUT2D eigenvalue weighted by atomic mass is 16.7. The molecule has 4 bridgehead atoms. The van der Waals surface area contributed by atoms with E-state index in [4.69, 9.17) is 14.2 Å². The molecule has 1 saturated carbocycles. The van der Waals surface area contributed by atoms with Crippen LogP contribution in [-0.2, 0) is 4.74 Å². The topological polar surface area (TPSA) is 51.2 Å². The zero-order chi connectivity index (χ0) is 16.1. The molecule has 5 atom stereocenters. The highest BCUT2D eigenvalue weighted by Crippen LogP contribution is 2.63. The van der Waals surface area contributed by atoms with Crippen LogP contribution < -0.4 is 9.47 Å². The van der Waals surface area contributed by atoms with Crippen LogP contribution in [0.25, 0.3) is 0 Å². The molecule has 6 aliphatic rings. The third kappa shape index (κ3) is 1.48. The Kier molecular flexibility index (Phi) is 2.47. The number of ether oxygens (including phenoxy) is 3. The molecule has 1 aromatic rings. The van der Waals surface area contributed by atoms with E-state index >= 15 is 0 Å². The summed E-state index contributed by atoms with van der Waals surface area (Å²) >= 11 is 0. The van der Waals surface area contributed by atoms with Crippen LogP contribution in [-0.4, -0.2) is 48.1 Å². The number of benzene rings is 1. The Hall–Kier alpha value is -1.30. The van der Waals surface area contributed by atoms with Gasteiger partial charge in [-0.05, 0) is 49.1 Å². The average Bonchev–Trinajstić information content (AvgIpc) is 3.20. The Bertz CT molecular complexity index is 736. The Labute approximate surface area is 141 Å². The summed E-state index contributed by atoms with van der Waals surface area (Å²) in [6.45, 7) is 5.16. The van der Waals surface area contributed by atoms with E-state index in [0.29, 0.717) is 6.61 Å². The molecule has 5 nitrogen and oxygen atoms in total. The fourth-order valence-corrected chi connectivity index (χ4v) is 6.24. The summed E-state index contributed by atoms with van der Waals surface area (Å²) in [6, 6.07) is 4.23. The Morgan fingerprint density at radius 3 is 2.83 bits per heavy atom. The quantitative estimate of drug-likeness (QED) is 0.791. The number of hydrogen-bond acceptors (Lipinski definition) is 5. The summed E-state index contributed by atoms with van der Waals surface area (Å²) in [5, 5.41) is 11.4. The highest BCUT2D eigenvalue weighted by molar-refractivity contribution is 5.53. The van der Waals surface area contributed by atoms with Crippen molar-refractivity contribution in [3.05, 3.63) is 23.3 Å². The van der Waals surface area contributed by atoms with Gasteiger partial charge in [-0.3, -0.25) is 4.90 Å². The summed E-state index contributed by atoms with van der Waals surface area (Å²) in [4.78, 5) is 2.61. The summed E-state index contributed by atoms with van der Waals surface area (Å²) in [5.74, 6) is 1.77. The minimum atomic E-state index is -0.378. The van der Waals surface area contributed by atoms with Crippen LogP contribution in [0, 0.1) is 5.41 Å². The van der Waals surface area contributed by atoms with E-state index < -0.39 is 0 Å². The number of aliphatic hydroxyl groups is 1. The van der Waals surface area contributed by atoms with E-state index in [-0.39, 0.29) is 35.9 Å². The zero-order valence-electron chi connectivity index (χ0n) is 14.0. The van der Waals surface area contributed by atoms with E-state index in [9.17, 15) is 5.11 Å². The second-order valence-electron chi connectivity index (χ2n) is 8.54. The van der Waals surface area contributed by atoms with Gasteiger partial charge in [-0.1, -0.05) is 6.92 Å². The van der Waals surface area contributed by atoms with Gasteiger partial charge < -0.3 is 19.3 Å². The zero-order valence-corrected chi connectivity index (χ0v) is 14.0. The molecule has 0 aromatic heterocycles. The van der Waals surface area contributed by atoms with Crippen molar-refractivity contribution in [3.63, 3.8) is 0 Å². The lowest BCUT2D eigenvalue weighted by Gasteiger charge is -2.41. The van der Waals surface area contributed by atoms with Crippen LogP contribution in [0.2, 0.25) is 0 Å². The van der Waals surface area contributed by atoms with Crippen molar-refractivity contribution < 1.29 is 19.3 Å². The molecule has 5 heterocycles. The van der Waals surface area contributed by atoms with E-state index in [0.717, 1.165) is 31.0 Å². The van der Waals surface area contributed by atoms with Crippen LogP contribution >= 0.6 is 0 Å². The molecule has 0 radical (unpaired) electrons. The summed E-state index contributed by atoms with van der Waals surface area (Å²) in [7, 11) is 0. The van der Waals surface area contributed by atoms with Gasteiger partial charge in [0, 0.05) is 23.4 Å². The van der Waals surface area contributed by atoms with Gasteiger partial charge in [-0.2, -0.15) is 0 Å². The van der Waals surface area contributed by atoms with Crippen molar-refractivity contribution in [1.29, 1.82) is 0 Å². The van der Waals surface area contributed by atoms with Gasteiger partial charge in [0.1, 0.15) is 0 Å². The normalized spacial score (nSPS) is 45.0. The molecule has 3 fully saturated rings. The Morgan fingerprint density at radius 1 is 1.21 bits per heavy atom. The molecule has 2 saturated heterocycles. The monoisotopic (exact) mass is 329 g/mol. The van der Waals surface area contributed by atoms with E-state index in [1.54, 1.807) is 0 Å². The predicted molar refractivity (Wildman–Crippen MR) is 86.3 cm³/mol. The molecule has 1 N–H and O–H groups in total. The van der Waals surface area contributed by atoms with Crippen molar-refractivity contribution in [1.82, 2.24) is 4.90 Å². The third-order valence-electron chi connectivity index (χ3n) is 7.25. The Balaban J connectivity index is 1.64. The lowest BCUT2D eigenvalue weighted by molar-refractivity contribution is -0.0744. The van der Waals surface area contributed by atoms with Gasteiger partial charge in [0.15, 0.2) is 11.5 Å². The van der Waals surface area contributed by atoms with Crippen LogP contribution in [0.4, 0.5) is 0 Å². The van der Waals surface area contributed by atoms with E-state index in [1.165, 1.54) is 24.0 Å². The molecule has 24 heavy (non-hydrogen) atoms. The SMILES string of the molecule is CC12CO[C@@H]3CN4CCC[C@]4(C1)[C@H](c1cc4c(cc13)OCO4)C2O. The molecular formula is C19H23NO4. The molecule has 1 aromatic carbocycles. The Morgan fingerprint density at radius 2 is 2.00 bits per heavy atom. The second-order valence-corrected chi connectivity index (χ2v) is 8.54. The van der Waals surface area contributed by atoms with Crippen molar-refractivity contribution >= 4 is 0 Å². The van der Waals surface area contributed by atoms with Gasteiger partial charge in [0.05, 0.1) is 18.8 Å². The fourth-order valence-electron chi connectivity index (χ4n) is 6.24. The number of nitrogens with zero attached hydrogens (tertiary/aromatic N) is 1. The first-order valence-electron chi connectivity index (χ1n) is 9.09. The third-order valence-corrected chi connectivity index (χ3v) is 7.25. The number of fused-ring (bicyclic) bond motifs is 2. The van der Waals surface area contributed by atoms with Crippen molar-refractivity contribution in [2.45, 2.75) is 49.9 Å². The predicted octanol–water partition coefficient (Wildman–Crippen LogP) is 2.19. The van der Waals surface area contributed by atoms with Gasteiger partial charge in [-0.25, -0.2) is 0 Å². The summed E-state index contributed by atoms with van der Waals surface area (Å²) in [6.07, 6.45) is 3.09. The molecule has 5 aliphatic heterocycles. The van der Waals surface area contributed by atoms with Crippen LogP contribution in [0.3, 0.4) is 0 Å². The van der Waals surface area contributed by atoms with E-state index in [1.807, 2.05) is 0 Å². The largest absolute Gasteiger partial charge is 0.454 e. The first-order valence-corrected chi connectivity index (χ1v) is 9.09. The van der Waals surface area contributed by atoms with Crippen LogP contribution in [0.5, 0.6) is 11.5 Å². The molecular weight excluding hydrogens is 306 g/mol. The average molecular weight is 329 g/mol. The molecule has 0 amide bonds. The molecule has 7 rings (SSSR count). The number of aliphatic hydroxyl groups excluding tert-OH is 1. The maximum absolute atomic E-state index is 11.4. The second kappa shape index (κ2) is 4.26. The lowest BCUT2D eigenvalue weighted by atomic mass is 9.78. The highest BCUT2D eigenvalue weighted by Gasteiger charge is 2.65. The molecule has 128 valence electrons. The van der Waals surface area contributed by atoms with Gasteiger partial charge >= 0.3 is 0 Å². The molecule has 2 unspecified atom stereocenters. The van der Waals surface area contributed by atoms with Crippen LogP contribution in [0.1, 0.15) is 49.3 Å². The maximum Gasteiger partial charge on any atom is 0.231 e. The van der Waals surface area contributed by atoms with Crippen LogP contribution in [0.15, 0.2) is 12.1 Å². The van der Waals surface area contributed by atoms with Gasteiger partial charge in [0.2, 0.25) is 6.79 Å². The summed E-state index contributed by atoms with van der Waals surface area (Å²) < 4.78 is 17.6. The first-order chi connectivity index (χ1) is 11.6. The lowest BCUT2D eigenvalue weighted by Crippen LogP contribution is -2.47.